The predicted molar refractivity (Wildman–Crippen MR) is 91.3 cm³/mol. The van der Waals surface area contributed by atoms with Gasteiger partial charge in [0.05, 0.1) is 16.6 Å². The molecule has 4 nitrogen and oxygen atoms in total. The molecule has 0 saturated heterocycles. The van der Waals surface area contributed by atoms with Crippen molar-refractivity contribution in [2.45, 2.75) is 32.4 Å². The van der Waals surface area contributed by atoms with E-state index in [2.05, 4.69) is 10.3 Å². The second-order valence-corrected chi connectivity index (χ2v) is 6.69. The summed E-state index contributed by atoms with van der Waals surface area (Å²) < 4.78 is 1.96. The maximum absolute atomic E-state index is 9.61. The van der Waals surface area contributed by atoms with E-state index < -0.39 is 6.10 Å². The van der Waals surface area contributed by atoms with Crippen LogP contribution in [0.15, 0.2) is 36.4 Å². The quantitative estimate of drug-likeness (QED) is 0.780. The van der Waals surface area contributed by atoms with Gasteiger partial charge in [0.15, 0.2) is 0 Å². The third-order valence-electron chi connectivity index (χ3n) is 4.46. The number of rotatable bonds is 4. The lowest BCUT2D eigenvalue weighted by Crippen LogP contribution is -2.01. The zero-order valence-corrected chi connectivity index (χ0v) is 13.7. The van der Waals surface area contributed by atoms with E-state index in [1.807, 2.05) is 41.1 Å². The summed E-state index contributed by atoms with van der Waals surface area (Å²) >= 11 is 6.58. The molecule has 1 unspecified atom stereocenters. The summed E-state index contributed by atoms with van der Waals surface area (Å²) in [7, 11) is 0. The molecule has 2 aromatic carbocycles. The van der Waals surface area contributed by atoms with Gasteiger partial charge < -0.3 is 5.11 Å². The average Bonchev–Trinajstić information content (AvgIpc) is 3.27. The molecule has 1 atom stereocenters. The summed E-state index contributed by atoms with van der Waals surface area (Å²) in [6.07, 6.45) is 2.09. The molecule has 0 amide bonds. The lowest BCUT2D eigenvalue weighted by Gasteiger charge is -2.08. The maximum atomic E-state index is 9.61. The van der Waals surface area contributed by atoms with E-state index in [1.54, 1.807) is 6.92 Å². The number of hydrogen-bond acceptors (Lipinski definition) is 3. The van der Waals surface area contributed by atoms with Gasteiger partial charge in [-0.05, 0) is 42.9 Å². The van der Waals surface area contributed by atoms with Crippen molar-refractivity contribution in [1.82, 2.24) is 15.0 Å². The molecule has 1 saturated carbocycles. The lowest BCUT2D eigenvalue weighted by molar-refractivity contribution is 0.199. The molecule has 1 aromatic heterocycles. The van der Waals surface area contributed by atoms with Crippen LogP contribution in [0, 0.1) is 5.92 Å². The first-order valence-corrected chi connectivity index (χ1v) is 8.31. The molecule has 3 aromatic rings. The molecule has 0 radical (unpaired) electrons. The molecule has 1 fully saturated rings. The molecule has 23 heavy (non-hydrogen) atoms. The van der Waals surface area contributed by atoms with Gasteiger partial charge >= 0.3 is 0 Å². The van der Waals surface area contributed by atoms with Crippen LogP contribution in [-0.2, 0) is 6.54 Å². The molecule has 0 spiro atoms. The molecule has 4 rings (SSSR count). The van der Waals surface area contributed by atoms with Gasteiger partial charge in [0, 0.05) is 12.1 Å². The normalized spacial score (nSPS) is 16.0. The van der Waals surface area contributed by atoms with Crippen molar-refractivity contribution in [3.8, 4) is 11.1 Å². The topological polar surface area (TPSA) is 50.9 Å². The van der Waals surface area contributed by atoms with E-state index in [0.717, 1.165) is 40.2 Å². The van der Waals surface area contributed by atoms with Gasteiger partial charge in [0.25, 0.3) is 0 Å². The summed E-state index contributed by atoms with van der Waals surface area (Å²) in [6.45, 7) is 2.68. The number of hydrogen-bond donors (Lipinski definition) is 1. The second-order valence-electron chi connectivity index (χ2n) is 6.31. The largest absolute Gasteiger partial charge is 0.389 e. The second kappa shape index (κ2) is 5.62. The van der Waals surface area contributed by atoms with Gasteiger partial charge in [-0.2, -0.15) is 0 Å². The van der Waals surface area contributed by atoms with Gasteiger partial charge in [-0.3, -0.25) is 0 Å². The smallest absolute Gasteiger partial charge is 0.132 e. The van der Waals surface area contributed by atoms with Crippen LogP contribution < -0.4 is 0 Å². The molecular weight excluding hydrogens is 310 g/mol. The van der Waals surface area contributed by atoms with Crippen LogP contribution in [0.1, 0.15) is 31.4 Å². The molecule has 1 heterocycles. The Morgan fingerprint density at radius 3 is 2.61 bits per heavy atom. The van der Waals surface area contributed by atoms with Crippen LogP contribution in [0.5, 0.6) is 0 Å². The van der Waals surface area contributed by atoms with Crippen molar-refractivity contribution < 1.29 is 5.11 Å². The van der Waals surface area contributed by atoms with Crippen LogP contribution in [0.2, 0.25) is 5.02 Å². The minimum absolute atomic E-state index is 0.468. The van der Waals surface area contributed by atoms with Crippen molar-refractivity contribution in [2.24, 2.45) is 5.92 Å². The summed E-state index contributed by atoms with van der Waals surface area (Å²) in [5, 5.41) is 18.8. The number of fused-ring (bicyclic) bond motifs is 1. The van der Waals surface area contributed by atoms with Gasteiger partial charge in [-0.25, -0.2) is 4.68 Å². The highest BCUT2D eigenvalue weighted by Gasteiger charge is 2.23. The van der Waals surface area contributed by atoms with Gasteiger partial charge in [0.1, 0.15) is 5.52 Å². The minimum atomic E-state index is -0.468. The zero-order chi connectivity index (χ0) is 16.0. The first kappa shape index (κ1) is 14.7. The first-order chi connectivity index (χ1) is 11.1. The Balaban J connectivity index is 1.74. The Hall–Kier alpha value is -1.91. The molecule has 118 valence electrons. The van der Waals surface area contributed by atoms with Crippen molar-refractivity contribution in [3.63, 3.8) is 0 Å². The molecule has 0 bridgehead atoms. The van der Waals surface area contributed by atoms with Gasteiger partial charge in [-0.1, -0.05) is 47.1 Å². The fourth-order valence-corrected chi connectivity index (χ4v) is 3.16. The van der Waals surface area contributed by atoms with Gasteiger partial charge in [-0.15, -0.1) is 5.10 Å². The Labute approximate surface area is 139 Å². The number of aliphatic hydroxyl groups excluding tert-OH is 1. The van der Waals surface area contributed by atoms with E-state index in [1.165, 1.54) is 12.8 Å². The molecule has 5 heteroatoms. The summed E-state index contributed by atoms with van der Waals surface area (Å²) in [5.41, 5.74) is 4.59. The van der Waals surface area contributed by atoms with Crippen molar-refractivity contribution in [1.29, 1.82) is 0 Å². The average molecular weight is 328 g/mol. The fourth-order valence-electron chi connectivity index (χ4n) is 2.85. The number of aromatic nitrogens is 3. The highest BCUT2D eigenvalue weighted by atomic mass is 35.5. The van der Waals surface area contributed by atoms with E-state index in [4.69, 9.17) is 11.6 Å². The molecule has 1 N–H and O–H groups in total. The monoisotopic (exact) mass is 327 g/mol. The fraction of sp³-hybridized carbons (Fsp3) is 0.333. The van der Waals surface area contributed by atoms with Crippen LogP contribution in [0.25, 0.3) is 22.2 Å². The third-order valence-corrected chi connectivity index (χ3v) is 4.84. The van der Waals surface area contributed by atoms with E-state index in [9.17, 15) is 5.11 Å². The Morgan fingerprint density at radius 2 is 1.96 bits per heavy atom. The lowest BCUT2D eigenvalue weighted by atomic mass is 10.0. The van der Waals surface area contributed by atoms with Crippen LogP contribution in [0.4, 0.5) is 0 Å². The number of aliphatic hydroxyl groups is 1. The van der Waals surface area contributed by atoms with Crippen molar-refractivity contribution in [2.75, 3.05) is 0 Å². The standard InChI is InChI=1S/C18H18ClN3O/c1-11(23)13-4-6-14(7-5-13)15-8-9-16-18(17(15)19)20-21-22(16)10-12-2-3-12/h4-9,11-12,23H,2-3,10H2,1H3. The highest BCUT2D eigenvalue weighted by molar-refractivity contribution is 6.37. The SMILES string of the molecule is CC(O)c1ccc(-c2ccc3c(nnn3CC3CC3)c2Cl)cc1. The van der Waals surface area contributed by atoms with Crippen molar-refractivity contribution >= 4 is 22.6 Å². The summed E-state index contributed by atoms with van der Waals surface area (Å²) in [6, 6.07) is 11.9. The van der Waals surface area contributed by atoms with Gasteiger partial charge in [0.2, 0.25) is 0 Å². The Kier molecular flexibility index (Phi) is 3.58. The minimum Gasteiger partial charge on any atom is -0.389 e. The zero-order valence-electron chi connectivity index (χ0n) is 12.9. The Bertz CT molecular complexity index is 851. The summed E-state index contributed by atoms with van der Waals surface area (Å²) in [4.78, 5) is 0. The number of nitrogens with zero attached hydrogens (tertiary/aromatic N) is 3. The van der Waals surface area contributed by atoms with Crippen LogP contribution in [-0.4, -0.2) is 20.1 Å². The highest BCUT2D eigenvalue weighted by Crippen LogP contribution is 2.35. The third kappa shape index (κ3) is 2.73. The molecule has 0 aliphatic heterocycles. The van der Waals surface area contributed by atoms with E-state index in [-0.39, 0.29) is 0 Å². The molecular formula is C18H18ClN3O. The first-order valence-electron chi connectivity index (χ1n) is 7.93. The maximum Gasteiger partial charge on any atom is 0.132 e. The van der Waals surface area contributed by atoms with E-state index in [0.29, 0.717) is 5.02 Å². The summed E-state index contributed by atoms with van der Waals surface area (Å²) in [5.74, 6) is 0.742. The molecule has 1 aliphatic carbocycles. The number of benzene rings is 2. The van der Waals surface area contributed by atoms with Crippen LogP contribution >= 0.6 is 11.6 Å². The number of halogens is 1. The van der Waals surface area contributed by atoms with Crippen LogP contribution in [0.3, 0.4) is 0 Å². The molecule has 1 aliphatic rings. The predicted octanol–water partition coefficient (Wildman–Crippen LogP) is 4.22. The van der Waals surface area contributed by atoms with Crippen molar-refractivity contribution in [3.05, 3.63) is 47.0 Å². The Morgan fingerprint density at radius 1 is 1.22 bits per heavy atom. The van der Waals surface area contributed by atoms with E-state index >= 15 is 0 Å².